The topological polar surface area (TPSA) is 79.7 Å². The minimum Gasteiger partial charge on any atom is -0.477 e. The smallest absolute Gasteiger partial charge is 0.354 e. The summed E-state index contributed by atoms with van der Waals surface area (Å²) in [7, 11) is 1.31. The van der Waals surface area contributed by atoms with E-state index in [1.54, 1.807) is 0 Å². The van der Waals surface area contributed by atoms with E-state index in [0.29, 0.717) is 0 Å². The molecular weight excluding hydrogens is 174 g/mol. The van der Waals surface area contributed by atoms with Gasteiger partial charge in [-0.2, -0.15) is 0 Å². The predicted octanol–water partition coefficient (Wildman–Crippen LogP) is 0.417. The molecule has 70 valence electrons. The first kappa shape index (κ1) is 9.63. The van der Waals surface area contributed by atoms with Crippen LogP contribution in [0.3, 0.4) is 0 Å². The Hall–Kier alpha value is -1.46. The molecule has 1 rings (SSSR count). The van der Waals surface area contributed by atoms with Crippen LogP contribution in [0.2, 0.25) is 0 Å². The van der Waals surface area contributed by atoms with E-state index < -0.39 is 12.3 Å². The highest BCUT2D eigenvalue weighted by Crippen LogP contribution is 2.10. The Morgan fingerprint density at radius 3 is 2.85 bits per heavy atom. The molecule has 0 amide bonds. The zero-order chi connectivity index (χ0) is 9.84. The number of ether oxygens (including phenoxy) is 1. The summed E-state index contributed by atoms with van der Waals surface area (Å²) in [4.78, 5) is 14.1. The molecule has 0 aliphatic heterocycles. The van der Waals surface area contributed by atoms with Crippen molar-refractivity contribution < 1.29 is 19.7 Å². The molecule has 0 spiro atoms. The van der Waals surface area contributed by atoms with Gasteiger partial charge in [-0.25, -0.2) is 9.78 Å². The van der Waals surface area contributed by atoms with E-state index in [9.17, 15) is 4.79 Å². The van der Waals surface area contributed by atoms with Crippen LogP contribution < -0.4 is 0 Å². The summed E-state index contributed by atoms with van der Waals surface area (Å²) in [5, 5.41) is 17.7. The molecule has 5 nitrogen and oxygen atoms in total. The maximum absolute atomic E-state index is 10.5. The first-order valence-corrected chi connectivity index (χ1v) is 3.56. The van der Waals surface area contributed by atoms with Crippen LogP contribution in [0, 0.1) is 0 Å². The summed E-state index contributed by atoms with van der Waals surface area (Å²) in [5.41, 5.74) is 0.0657. The third kappa shape index (κ3) is 2.24. The Kier molecular flexibility index (Phi) is 2.94. The predicted molar refractivity (Wildman–Crippen MR) is 43.2 cm³/mol. The number of nitrogens with zero attached hydrogens (tertiary/aromatic N) is 1. The Bertz CT molecular complexity index is 313. The van der Waals surface area contributed by atoms with Crippen molar-refractivity contribution >= 4 is 5.97 Å². The van der Waals surface area contributed by atoms with Gasteiger partial charge in [0.15, 0.2) is 6.29 Å². The second kappa shape index (κ2) is 3.97. The number of methoxy groups -OCH3 is 1. The van der Waals surface area contributed by atoms with Gasteiger partial charge in [0.1, 0.15) is 5.69 Å². The van der Waals surface area contributed by atoms with E-state index in [2.05, 4.69) is 9.72 Å². The van der Waals surface area contributed by atoms with Gasteiger partial charge < -0.3 is 14.9 Å². The number of carboxylic acid groups (broad SMARTS) is 1. The summed E-state index contributed by atoms with van der Waals surface area (Å²) >= 11 is 0. The van der Waals surface area contributed by atoms with Crippen LogP contribution in [0.5, 0.6) is 0 Å². The van der Waals surface area contributed by atoms with Gasteiger partial charge in [-0.1, -0.05) is 6.07 Å². The van der Waals surface area contributed by atoms with Crippen LogP contribution in [0.25, 0.3) is 0 Å². The molecule has 0 radical (unpaired) electrons. The fourth-order valence-corrected chi connectivity index (χ4v) is 0.829. The second-order valence-corrected chi connectivity index (χ2v) is 2.34. The van der Waals surface area contributed by atoms with E-state index in [1.165, 1.54) is 25.3 Å². The molecule has 0 saturated carbocycles. The molecule has 2 N–H and O–H groups in total. The van der Waals surface area contributed by atoms with Gasteiger partial charge >= 0.3 is 5.97 Å². The molecule has 0 aliphatic carbocycles. The van der Waals surface area contributed by atoms with Crippen LogP contribution in [-0.2, 0) is 4.74 Å². The SMILES string of the molecule is COC(O)c1cccc(C(=O)O)n1. The first-order chi connectivity index (χ1) is 6.15. The highest BCUT2D eigenvalue weighted by atomic mass is 16.6. The second-order valence-electron chi connectivity index (χ2n) is 2.34. The lowest BCUT2D eigenvalue weighted by atomic mass is 10.3. The zero-order valence-electron chi connectivity index (χ0n) is 6.97. The lowest BCUT2D eigenvalue weighted by Crippen LogP contribution is -2.07. The van der Waals surface area contributed by atoms with Crippen molar-refractivity contribution in [3.63, 3.8) is 0 Å². The van der Waals surface area contributed by atoms with Crippen LogP contribution in [0.15, 0.2) is 18.2 Å². The van der Waals surface area contributed by atoms with Crippen molar-refractivity contribution in [1.29, 1.82) is 0 Å². The third-order valence-corrected chi connectivity index (χ3v) is 1.47. The van der Waals surface area contributed by atoms with Gasteiger partial charge in [-0.15, -0.1) is 0 Å². The molecule has 0 fully saturated rings. The number of carboxylic acids is 1. The fraction of sp³-hybridized carbons (Fsp3) is 0.250. The molecule has 0 aromatic carbocycles. The minimum atomic E-state index is -1.18. The highest BCUT2D eigenvalue weighted by molar-refractivity contribution is 5.85. The molecule has 0 saturated heterocycles. The van der Waals surface area contributed by atoms with Crippen molar-refractivity contribution in [3.05, 3.63) is 29.6 Å². The van der Waals surface area contributed by atoms with E-state index in [0.717, 1.165) is 0 Å². The van der Waals surface area contributed by atoms with E-state index in [-0.39, 0.29) is 11.4 Å². The normalized spacial score (nSPS) is 12.5. The zero-order valence-corrected chi connectivity index (χ0v) is 6.97. The molecule has 1 atom stereocenters. The van der Waals surface area contributed by atoms with Crippen LogP contribution in [0.4, 0.5) is 0 Å². The summed E-state index contributed by atoms with van der Waals surface area (Å²) in [6.07, 6.45) is -1.18. The maximum atomic E-state index is 10.5. The van der Waals surface area contributed by atoms with Gasteiger partial charge in [0.2, 0.25) is 0 Å². The number of carbonyl (C=O) groups is 1. The summed E-state index contributed by atoms with van der Waals surface area (Å²) in [6.45, 7) is 0. The number of aliphatic hydroxyl groups is 1. The number of aromatic carboxylic acids is 1. The molecule has 1 heterocycles. The molecule has 1 aromatic heterocycles. The molecule has 0 bridgehead atoms. The third-order valence-electron chi connectivity index (χ3n) is 1.47. The van der Waals surface area contributed by atoms with E-state index in [1.807, 2.05) is 0 Å². The summed E-state index contributed by atoms with van der Waals surface area (Å²) in [6, 6.07) is 4.32. The molecule has 5 heteroatoms. The Morgan fingerprint density at radius 2 is 2.31 bits per heavy atom. The van der Waals surface area contributed by atoms with Crippen LogP contribution >= 0.6 is 0 Å². The Balaban J connectivity index is 2.98. The van der Waals surface area contributed by atoms with E-state index in [4.69, 9.17) is 10.2 Å². The Labute approximate surface area is 74.6 Å². The van der Waals surface area contributed by atoms with Crippen molar-refractivity contribution in [2.24, 2.45) is 0 Å². The number of aliphatic hydroxyl groups excluding tert-OH is 1. The van der Waals surface area contributed by atoms with Gasteiger partial charge in [0, 0.05) is 7.11 Å². The lowest BCUT2D eigenvalue weighted by Gasteiger charge is -2.07. The average molecular weight is 183 g/mol. The molecule has 1 aromatic rings. The molecule has 1 unspecified atom stereocenters. The number of pyridine rings is 1. The molecular formula is C8H9NO4. The Morgan fingerprint density at radius 1 is 1.62 bits per heavy atom. The van der Waals surface area contributed by atoms with Crippen LogP contribution in [0.1, 0.15) is 22.5 Å². The number of hydrogen-bond donors (Lipinski definition) is 2. The lowest BCUT2D eigenvalue weighted by molar-refractivity contribution is -0.0799. The van der Waals surface area contributed by atoms with Crippen molar-refractivity contribution in [3.8, 4) is 0 Å². The fourth-order valence-electron chi connectivity index (χ4n) is 0.829. The number of hydrogen-bond acceptors (Lipinski definition) is 4. The standard InChI is InChI=1S/C8H9NO4/c1-13-8(12)6-4-2-3-5(9-6)7(10)11/h2-4,8,12H,1H3,(H,10,11). The van der Waals surface area contributed by atoms with E-state index >= 15 is 0 Å². The monoisotopic (exact) mass is 183 g/mol. The molecule has 13 heavy (non-hydrogen) atoms. The van der Waals surface area contributed by atoms with Crippen molar-refractivity contribution in [1.82, 2.24) is 4.98 Å². The highest BCUT2D eigenvalue weighted by Gasteiger charge is 2.10. The number of rotatable bonds is 3. The largest absolute Gasteiger partial charge is 0.477 e. The van der Waals surface area contributed by atoms with Gasteiger partial charge in [-0.05, 0) is 12.1 Å². The first-order valence-electron chi connectivity index (χ1n) is 3.56. The van der Waals surface area contributed by atoms with Gasteiger partial charge in [-0.3, -0.25) is 0 Å². The summed E-state index contributed by atoms with van der Waals surface area (Å²) < 4.78 is 4.57. The van der Waals surface area contributed by atoms with Gasteiger partial charge in [0.25, 0.3) is 0 Å². The van der Waals surface area contributed by atoms with Crippen LogP contribution in [-0.4, -0.2) is 28.3 Å². The van der Waals surface area contributed by atoms with Crippen molar-refractivity contribution in [2.45, 2.75) is 6.29 Å². The minimum absolute atomic E-state index is 0.117. The maximum Gasteiger partial charge on any atom is 0.354 e. The van der Waals surface area contributed by atoms with Crippen molar-refractivity contribution in [2.75, 3.05) is 7.11 Å². The van der Waals surface area contributed by atoms with Gasteiger partial charge in [0.05, 0.1) is 5.69 Å². The average Bonchev–Trinajstić information content (AvgIpc) is 2.17. The summed E-state index contributed by atoms with van der Waals surface area (Å²) in [5.74, 6) is -1.13. The number of aromatic nitrogens is 1. The quantitative estimate of drug-likeness (QED) is 0.664. The molecule has 0 aliphatic rings.